The second-order valence-electron chi connectivity index (χ2n) is 7.04. The highest BCUT2D eigenvalue weighted by atomic mass is 19.1. The molecule has 0 spiro atoms. The maximum absolute atomic E-state index is 13.7. The summed E-state index contributed by atoms with van der Waals surface area (Å²) in [7, 11) is 3.38. The molecule has 8 heteroatoms. The van der Waals surface area contributed by atoms with E-state index in [9.17, 15) is 14.0 Å². The molecule has 0 fully saturated rings. The average molecular weight is 424 g/mol. The molecule has 3 rings (SSSR count). The summed E-state index contributed by atoms with van der Waals surface area (Å²) in [4.78, 5) is 29.0. The Bertz CT molecular complexity index is 1030. The Kier molecular flexibility index (Phi) is 7.37. The second kappa shape index (κ2) is 10.4. The molecule has 0 aliphatic carbocycles. The van der Waals surface area contributed by atoms with Gasteiger partial charge in [0, 0.05) is 38.0 Å². The summed E-state index contributed by atoms with van der Waals surface area (Å²) in [6, 6.07) is 12.3. The van der Waals surface area contributed by atoms with Crippen molar-refractivity contribution in [3.8, 4) is 5.75 Å². The van der Waals surface area contributed by atoms with E-state index in [1.54, 1.807) is 60.5 Å². The van der Waals surface area contributed by atoms with Crippen LogP contribution in [0.3, 0.4) is 0 Å². The molecule has 0 saturated heterocycles. The van der Waals surface area contributed by atoms with E-state index in [0.29, 0.717) is 35.7 Å². The van der Waals surface area contributed by atoms with Gasteiger partial charge in [0.2, 0.25) is 5.91 Å². The summed E-state index contributed by atoms with van der Waals surface area (Å²) in [5.74, 6) is 0.470. The highest BCUT2D eigenvalue weighted by Gasteiger charge is 2.21. The van der Waals surface area contributed by atoms with Crippen molar-refractivity contribution in [1.82, 2.24) is 20.2 Å². The molecule has 162 valence electrons. The van der Waals surface area contributed by atoms with E-state index in [0.717, 1.165) is 0 Å². The van der Waals surface area contributed by atoms with E-state index in [-0.39, 0.29) is 24.1 Å². The van der Waals surface area contributed by atoms with E-state index in [1.807, 2.05) is 7.05 Å². The van der Waals surface area contributed by atoms with Crippen molar-refractivity contribution >= 4 is 11.8 Å². The molecule has 0 bridgehead atoms. The average Bonchev–Trinajstić information content (AvgIpc) is 3.20. The molecular weight excluding hydrogens is 399 g/mol. The van der Waals surface area contributed by atoms with Crippen molar-refractivity contribution in [2.45, 2.75) is 18.9 Å². The molecule has 2 amide bonds. The Morgan fingerprint density at radius 1 is 1.19 bits per heavy atom. The van der Waals surface area contributed by atoms with E-state index in [1.165, 1.54) is 12.1 Å². The van der Waals surface area contributed by atoms with Gasteiger partial charge >= 0.3 is 0 Å². The molecule has 0 aliphatic rings. The number of halogens is 1. The van der Waals surface area contributed by atoms with E-state index in [2.05, 4.69) is 15.6 Å². The molecule has 0 aliphatic heterocycles. The Morgan fingerprint density at radius 2 is 1.97 bits per heavy atom. The first-order chi connectivity index (χ1) is 15.0. The van der Waals surface area contributed by atoms with Gasteiger partial charge in [-0.1, -0.05) is 12.1 Å². The third-order valence-electron chi connectivity index (χ3n) is 4.82. The van der Waals surface area contributed by atoms with Crippen LogP contribution in [0, 0.1) is 5.82 Å². The predicted octanol–water partition coefficient (Wildman–Crippen LogP) is 2.98. The van der Waals surface area contributed by atoms with E-state index >= 15 is 0 Å². The van der Waals surface area contributed by atoms with Gasteiger partial charge in [0.25, 0.3) is 5.91 Å². The zero-order valence-electron chi connectivity index (χ0n) is 17.5. The Labute approximate surface area is 180 Å². The summed E-state index contributed by atoms with van der Waals surface area (Å²) < 4.78 is 20.6. The first-order valence-electron chi connectivity index (χ1n) is 9.92. The van der Waals surface area contributed by atoms with Gasteiger partial charge in [-0.2, -0.15) is 0 Å². The van der Waals surface area contributed by atoms with Gasteiger partial charge in [0.05, 0.1) is 7.11 Å². The van der Waals surface area contributed by atoms with Gasteiger partial charge in [-0.05, 0) is 48.4 Å². The lowest BCUT2D eigenvalue weighted by molar-refractivity contribution is -0.121. The van der Waals surface area contributed by atoms with Crippen molar-refractivity contribution < 1.29 is 18.7 Å². The largest absolute Gasteiger partial charge is 0.497 e. The number of aryl methyl sites for hydroxylation is 1. The molecule has 2 aromatic carbocycles. The smallest absolute Gasteiger partial charge is 0.251 e. The number of nitrogens with one attached hydrogen (secondary N) is 2. The zero-order valence-corrected chi connectivity index (χ0v) is 17.5. The molecular formula is C23H25FN4O3. The van der Waals surface area contributed by atoms with Crippen molar-refractivity contribution in [3.63, 3.8) is 0 Å². The van der Waals surface area contributed by atoms with Crippen LogP contribution < -0.4 is 15.4 Å². The van der Waals surface area contributed by atoms with Gasteiger partial charge in [-0.15, -0.1) is 0 Å². The van der Waals surface area contributed by atoms with Crippen LogP contribution in [0.1, 0.15) is 40.6 Å². The first kappa shape index (κ1) is 22.0. The van der Waals surface area contributed by atoms with Gasteiger partial charge in [0.15, 0.2) is 0 Å². The Hall–Kier alpha value is -3.68. The van der Waals surface area contributed by atoms with Crippen molar-refractivity contribution in [3.05, 3.63) is 83.7 Å². The van der Waals surface area contributed by atoms with Gasteiger partial charge in [-0.3, -0.25) is 9.59 Å². The zero-order chi connectivity index (χ0) is 22.2. The number of aromatic nitrogens is 2. The fourth-order valence-electron chi connectivity index (χ4n) is 3.17. The molecule has 0 saturated carbocycles. The number of carbonyl (C=O) groups is 2. The van der Waals surface area contributed by atoms with Crippen LogP contribution in [0.4, 0.5) is 4.39 Å². The maximum atomic E-state index is 13.7. The van der Waals surface area contributed by atoms with E-state index in [4.69, 9.17) is 4.74 Å². The van der Waals surface area contributed by atoms with Crippen molar-refractivity contribution in [2.24, 2.45) is 7.05 Å². The number of nitrogens with zero attached hydrogens (tertiary/aromatic N) is 2. The minimum Gasteiger partial charge on any atom is -0.497 e. The lowest BCUT2D eigenvalue weighted by Gasteiger charge is -2.19. The van der Waals surface area contributed by atoms with Crippen LogP contribution in [0.25, 0.3) is 0 Å². The van der Waals surface area contributed by atoms with Crippen molar-refractivity contribution in [1.29, 1.82) is 0 Å². The molecule has 1 heterocycles. The molecule has 0 radical (unpaired) electrons. The molecule has 31 heavy (non-hydrogen) atoms. The van der Waals surface area contributed by atoms with Crippen LogP contribution in [-0.2, 0) is 11.8 Å². The second-order valence-corrected chi connectivity index (χ2v) is 7.04. The maximum Gasteiger partial charge on any atom is 0.251 e. The fraction of sp³-hybridized carbons (Fsp3) is 0.261. The minimum absolute atomic E-state index is 0.207. The van der Waals surface area contributed by atoms with Crippen LogP contribution in [0.5, 0.6) is 5.75 Å². The standard InChI is InChI=1S/C23H25FN4O3/c1-28-14-13-25-22(28)21(17-5-3-6-18(24)15-17)27-20(29)7-4-12-26-23(30)16-8-10-19(31-2)11-9-16/h3,5-6,8-11,13-15,21H,4,7,12H2,1-2H3,(H,26,30)(H,27,29). The SMILES string of the molecule is COc1ccc(C(=O)NCCCC(=O)NC(c2cccc(F)c2)c2nccn2C)cc1. The summed E-state index contributed by atoms with van der Waals surface area (Å²) in [6.07, 6.45) is 4.06. The van der Waals surface area contributed by atoms with E-state index < -0.39 is 6.04 Å². The monoisotopic (exact) mass is 424 g/mol. The number of imidazole rings is 1. The lowest BCUT2D eigenvalue weighted by atomic mass is 10.1. The number of methoxy groups -OCH3 is 1. The molecule has 7 nitrogen and oxygen atoms in total. The topological polar surface area (TPSA) is 85.2 Å². The predicted molar refractivity (Wildman–Crippen MR) is 114 cm³/mol. The summed E-state index contributed by atoms with van der Waals surface area (Å²) in [5, 5.41) is 5.72. The number of carbonyl (C=O) groups excluding carboxylic acids is 2. The van der Waals surface area contributed by atoms with Crippen LogP contribution in [0.15, 0.2) is 60.9 Å². The fourth-order valence-corrected chi connectivity index (χ4v) is 3.17. The minimum atomic E-state index is -0.572. The number of hydrogen-bond donors (Lipinski definition) is 2. The molecule has 2 N–H and O–H groups in total. The first-order valence-corrected chi connectivity index (χ1v) is 9.92. The van der Waals surface area contributed by atoms with Crippen LogP contribution >= 0.6 is 0 Å². The molecule has 3 aromatic rings. The van der Waals surface area contributed by atoms with Gasteiger partial charge in [0.1, 0.15) is 23.4 Å². The third-order valence-corrected chi connectivity index (χ3v) is 4.82. The normalized spacial score (nSPS) is 11.6. The van der Waals surface area contributed by atoms with Crippen LogP contribution in [-0.4, -0.2) is 35.0 Å². The van der Waals surface area contributed by atoms with Crippen molar-refractivity contribution in [2.75, 3.05) is 13.7 Å². The third kappa shape index (κ3) is 5.91. The highest BCUT2D eigenvalue weighted by molar-refractivity contribution is 5.94. The quantitative estimate of drug-likeness (QED) is 0.517. The molecule has 1 atom stereocenters. The summed E-state index contributed by atoms with van der Waals surface area (Å²) >= 11 is 0. The van der Waals surface area contributed by atoms with Gasteiger partial charge < -0.3 is 19.9 Å². The number of benzene rings is 2. The Balaban J connectivity index is 1.54. The number of hydrogen-bond acceptors (Lipinski definition) is 4. The Morgan fingerprint density at radius 3 is 2.61 bits per heavy atom. The lowest BCUT2D eigenvalue weighted by Crippen LogP contribution is -2.32. The molecule has 1 unspecified atom stereocenters. The van der Waals surface area contributed by atoms with Gasteiger partial charge in [-0.25, -0.2) is 9.37 Å². The van der Waals surface area contributed by atoms with Crippen LogP contribution in [0.2, 0.25) is 0 Å². The number of ether oxygens (including phenoxy) is 1. The highest BCUT2D eigenvalue weighted by Crippen LogP contribution is 2.21. The number of rotatable bonds is 9. The molecule has 1 aromatic heterocycles. The number of amides is 2. The summed E-state index contributed by atoms with van der Waals surface area (Å²) in [6.45, 7) is 0.352. The summed E-state index contributed by atoms with van der Waals surface area (Å²) in [5.41, 5.74) is 1.13.